The van der Waals surface area contributed by atoms with Crippen LogP contribution in [-0.4, -0.2) is 36.4 Å². The summed E-state index contributed by atoms with van der Waals surface area (Å²) in [6, 6.07) is 0. The summed E-state index contributed by atoms with van der Waals surface area (Å²) in [6.45, 7) is 4.02. The Morgan fingerprint density at radius 1 is 0.343 bits per heavy atom. The van der Waals surface area contributed by atoms with Gasteiger partial charge in [-0.2, -0.15) is 0 Å². The Bertz CT molecular complexity index is 1290. The SMILES string of the molecule is CC/C=C\C/C=C\C/C=C\C/C=C\CCCCCCCCC(=O)OC(CO)COC(=O)CCCCCCCCCCCCCCCCCCCCCCCC/C=C\C/C=C\C/C=C\CCCCCCC. The van der Waals surface area contributed by atoms with Crippen LogP contribution >= 0.6 is 0 Å². The molecule has 1 unspecified atom stereocenters. The third-order valence-corrected chi connectivity index (χ3v) is 13.2. The van der Waals surface area contributed by atoms with Crippen molar-refractivity contribution in [2.45, 2.75) is 302 Å². The summed E-state index contributed by atoms with van der Waals surface area (Å²) in [5, 5.41) is 9.65. The van der Waals surface area contributed by atoms with Crippen LogP contribution in [0.3, 0.4) is 0 Å². The molecule has 0 aliphatic heterocycles. The fourth-order valence-corrected chi connectivity index (χ4v) is 8.67. The van der Waals surface area contributed by atoms with Crippen molar-refractivity contribution in [3.05, 3.63) is 85.1 Å². The molecule has 0 aromatic carbocycles. The van der Waals surface area contributed by atoms with Crippen molar-refractivity contribution < 1.29 is 24.2 Å². The second-order valence-electron chi connectivity index (χ2n) is 20.0. The second-order valence-corrected chi connectivity index (χ2v) is 20.0. The first-order chi connectivity index (χ1) is 34.6. The Balaban J connectivity index is 3.44. The van der Waals surface area contributed by atoms with E-state index >= 15 is 0 Å². The summed E-state index contributed by atoms with van der Waals surface area (Å²) >= 11 is 0. The average Bonchev–Trinajstić information content (AvgIpc) is 3.36. The molecule has 70 heavy (non-hydrogen) atoms. The van der Waals surface area contributed by atoms with Crippen molar-refractivity contribution in [2.75, 3.05) is 13.2 Å². The van der Waals surface area contributed by atoms with Crippen LogP contribution in [0.1, 0.15) is 296 Å². The molecule has 5 heteroatoms. The number of hydrogen-bond donors (Lipinski definition) is 1. The number of unbranched alkanes of at least 4 members (excludes halogenated alkanes) is 33. The lowest BCUT2D eigenvalue weighted by atomic mass is 10.0. The fourth-order valence-electron chi connectivity index (χ4n) is 8.67. The van der Waals surface area contributed by atoms with Crippen molar-refractivity contribution in [1.82, 2.24) is 0 Å². The second kappa shape index (κ2) is 60.4. The normalized spacial score (nSPS) is 12.8. The minimum atomic E-state index is -0.783. The predicted molar refractivity (Wildman–Crippen MR) is 306 cm³/mol. The first-order valence-corrected chi connectivity index (χ1v) is 30.1. The van der Waals surface area contributed by atoms with Crippen molar-refractivity contribution in [3.63, 3.8) is 0 Å². The zero-order valence-corrected chi connectivity index (χ0v) is 46.3. The van der Waals surface area contributed by atoms with Gasteiger partial charge in [0.05, 0.1) is 6.61 Å². The highest BCUT2D eigenvalue weighted by atomic mass is 16.6. The van der Waals surface area contributed by atoms with Gasteiger partial charge < -0.3 is 14.6 Å². The predicted octanol–water partition coefficient (Wildman–Crippen LogP) is 20.5. The lowest BCUT2D eigenvalue weighted by Gasteiger charge is -2.15. The van der Waals surface area contributed by atoms with Crippen LogP contribution in [0.15, 0.2) is 85.1 Å². The van der Waals surface area contributed by atoms with Crippen LogP contribution in [0.25, 0.3) is 0 Å². The van der Waals surface area contributed by atoms with Gasteiger partial charge in [0, 0.05) is 12.8 Å². The Labute approximate surface area is 435 Å². The first kappa shape index (κ1) is 67.1. The zero-order chi connectivity index (χ0) is 50.6. The summed E-state index contributed by atoms with van der Waals surface area (Å²) in [7, 11) is 0. The summed E-state index contributed by atoms with van der Waals surface area (Å²) < 4.78 is 10.7. The van der Waals surface area contributed by atoms with Crippen LogP contribution in [0, 0.1) is 0 Å². The van der Waals surface area contributed by atoms with Crippen LogP contribution in [0.5, 0.6) is 0 Å². The summed E-state index contributed by atoms with van der Waals surface area (Å²) in [5.74, 6) is -0.600. The molecule has 1 atom stereocenters. The van der Waals surface area contributed by atoms with E-state index in [1.54, 1.807) is 0 Å². The molecule has 0 rings (SSSR count). The molecule has 0 spiro atoms. The third kappa shape index (κ3) is 57.7. The van der Waals surface area contributed by atoms with E-state index in [0.29, 0.717) is 12.8 Å². The Kier molecular flexibility index (Phi) is 57.9. The molecule has 0 saturated heterocycles. The summed E-state index contributed by atoms with van der Waals surface area (Å²) in [5.41, 5.74) is 0. The molecule has 0 bridgehead atoms. The number of ether oxygens (including phenoxy) is 2. The molecule has 0 radical (unpaired) electrons. The smallest absolute Gasteiger partial charge is 0.306 e. The minimum Gasteiger partial charge on any atom is -0.462 e. The quantitative estimate of drug-likeness (QED) is 0.0373. The molecule has 5 nitrogen and oxygen atoms in total. The van der Waals surface area contributed by atoms with E-state index in [-0.39, 0.29) is 25.2 Å². The Morgan fingerprint density at radius 2 is 0.614 bits per heavy atom. The van der Waals surface area contributed by atoms with E-state index in [1.165, 1.54) is 186 Å². The minimum absolute atomic E-state index is 0.0725. The molecule has 0 fully saturated rings. The molecule has 0 aliphatic carbocycles. The molecule has 0 heterocycles. The number of aliphatic hydroxyl groups is 1. The van der Waals surface area contributed by atoms with Gasteiger partial charge in [-0.15, -0.1) is 0 Å². The molecule has 404 valence electrons. The average molecular weight is 976 g/mol. The van der Waals surface area contributed by atoms with E-state index in [2.05, 4.69) is 98.9 Å². The number of rotatable bonds is 55. The van der Waals surface area contributed by atoms with Crippen LogP contribution < -0.4 is 0 Å². The lowest BCUT2D eigenvalue weighted by Crippen LogP contribution is -2.28. The van der Waals surface area contributed by atoms with Gasteiger partial charge >= 0.3 is 11.9 Å². The van der Waals surface area contributed by atoms with Crippen molar-refractivity contribution in [3.8, 4) is 0 Å². The lowest BCUT2D eigenvalue weighted by molar-refractivity contribution is -0.161. The van der Waals surface area contributed by atoms with Crippen molar-refractivity contribution in [1.29, 1.82) is 0 Å². The number of hydrogen-bond acceptors (Lipinski definition) is 5. The molecule has 1 N–H and O–H groups in total. The molecule has 0 aromatic rings. The molecular weight excluding hydrogens is 861 g/mol. The Hall–Kier alpha value is -2.92. The van der Waals surface area contributed by atoms with Gasteiger partial charge in [-0.25, -0.2) is 0 Å². The number of esters is 2. The monoisotopic (exact) mass is 975 g/mol. The van der Waals surface area contributed by atoms with Gasteiger partial charge in [0.2, 0.25) is 0 Å². The third-order valence-electron chi connectivity index (χ3n) is 13.2. The van der Waals surface area contributed by atoms with Crippen LogP contribution in [0.4, 0.5) is 0 Å². The highest BCUT2D eigenvalue weighted by molar-refractivity contribution is 5.70. The van der Waals surface area contributed by atoms with E-state index in [9.17, 15) is 14.7 Å². The fraction of sp³-hybridized carbons (Fsp3) is 0.754. The number of aliphatic hydroxyl groups excluding tert-OH is 1. The maximum Gasteiger partial charge on any atom is 0.306 e. The molecule has 0 saturated carbocycles. The van der Waals surface area contributed by atoms with Gasteiger partial charge in [0.15, 0.2) is 6.10 Å². The maximum absolute atomic E-state index is 12.3. The standard InChI is InChI=1S/C65H114O5/c1-3-5-7-9-11-13-15-17-19-21-23-24-25-26-27-28-29-30-31-32-33-34-35-36-37-38-39-40-42-43-45-47-49-51-53-55-57-59-64(67)69-62-63(61-66)70-65(68)60-58-56-54-52-50-48-46-44-41-22-20-18-16-14-12-10-8-6-4-2/h6,8,12,14-15,17-18,20-21,23,25-26,41,44,63,66H,3-5,7,9-11,13,16,19,22,24,27-40,42-43,45-62H2,1-2H3/b8-6-,14-12-,17-15-,20-18-,23-21-,26-25-,44-41-. The number of carbonyl (C=O) groups excluding carboxylic acids is 2. The highest BCUT2D eigenvalue weighted by Gasteiger charge is 2.16. The maximum atomic E-state index is 12.3. The van der Waals surface area contributed by atoms with Crippen LogP contribution in [-0.2, 0) is 19.1 Å². The topological polar surface area (TPSA) is 72.8 Å². The summed E-state index contributed by atoms with van der Waals surface area (Å²) in [4.78, 5) is 24.5. The molecular formula is C65H114O5. The van der Waals surface area contributed by atoms with Crippen molar-refractivity contribution >= 4 is 11.9 Å². The highest BCUT2D eigenvalue weighted by Crippen LogP contribution is 2.17. The Morgan fingerprint density at radius 3 is 0.929 bits per heavy atom. The first-order valence-electron chi connectivity index (χ1n) is 30.1. The van der Waals surface area contributed by atoms with Gasteiger partial charge in [-0.3, -0.25) is 9.59 Å². The van der Waals surface area contributed by atoms with E-state index in [4.69, 9.17) is 9.47 Å². The molecule has 0 amide bonds. The van der Waals surface area contributed by atoms with Gasteiger partial charge in [-0.05, 0) is 89.9 Å². The molecule has 0 aliphatic rings. The van der Waals surface area contributed by atoms with E-state index < -0.39 is 6.10 Å². The number of carbonyl (C=O) groups is 2. The van der Waals surface area contributed by atoms with Gasteiger partial charge in [-0.1, -0.05) is 279 Å². The molecule has 0 aromatic heterocycles. The largest absolute Gasteiger partial charge is 0.462 e. The number of allylic oxidation sites excluding steroid dienone is 14. The summed E-state index contributed by atoms with van der Waals surface area (Å²) in [6.07, 6.45) is 84.4. The van der Waals surface area contributed by atoms with Gasteiger partial charge in [0.25, 0.3) is 0 Å². The van der Waals surface area contributed by atoms with Crippen molar-refractivity contribution in [2.24, 2.45) is 0 Å². The van der Waals surface area contributed by atoms with E-state index in [1.807, 2.05) is 0 Å². The van der Waals surface area contributed by atoms with Gasteiger partial charge in [0.1, 0.15) is 6.61 Å². The van der Waals surface area contributed by atoms with Crippen LogP contribution in [0.2, 0.25) is 0 Å². The van der Waals surface area contributed by atoms with E-state index in [0.717, 1.165) is 83.5 Å². The zero-order valence-electron chi connectivity index (χ0n) is 46.3.